The van der Waals surface area contributed by atoms with Crippen molar-refractivity contribution in [3.63, 3.8) is 0 Å². The van der Waals surface area contributed by atoms with Gasteiger partial charge in [-0.05, 0) is 80.7 Å². The van der Waals surface area contributed by atoms with E-state index in [9.17, 15) is 43.8 Å². The summed E-state index contributed by atoms with van der Waals surface area (Å²) in [5, 5.41) is 25.6. The van der Waals surface area contributed by atoms with Crippen LogP contribution in [0.5, 0.6) is 17.2 Å². The summed E-state index contributed by atoms with van der Waals surface area (Å²) in [6.07, 6.45) is 1.07. The summed E-state index contributed by atoms with van der Waals surface area (Å²) in [5.74, 6) is -1.79. The number of aryl methyl sites for hydroxylation is 1. The topological polar surface area (TPSA) is 240 Å². The van der Waals surface area contributed by atoms with Gasteiger partial charge in [0.1, 0.15) is 25.6 Å². The van der Waals surface area contributed by atoms with Gasteiger partial charge in [-0.25, -0.2) is 19.4 Å². The summed E-state index contributed by atoms with van der Waals surface area (Å²) in [5.41, 5.74) is 2.56. The zero-order valence-corrected chi connectivity index (χ0v) is 43.1. The van der Waals surface area contributed by atoms with Crippen molar-refractivity contribution in [2.24, 2.45) is 11.8 Å². The average Bonchev–Trinajstić information content (AvgIpc) is 3.45. The molecule has 0 radical (unpaired) electrons. The van der Waals surface area contributed by atoms with Gasteiger partial charge in [-0.3, -0.25) is 24.0 Å². The smallest absolute Gasteiger partial charge is 0.416 e. The molecule has 20 heteroatoms. The summed E-state index contributed by atoms with van der Waals surface area (Å²) in [6, 6.07) is 11.0. The van der Waals surface area contributed by atoms with Crippen molar-refractivity contribution < 1.29 is 72.2 Å². The molecule has 2 saturated heterocycles. The van der Waals surface area contributed by atoms with Gasteiger partial charge in [-0.1, -0.05) is 63.4 Å². The molecule has 402 valence electrons. The third kappa shape index (κ3) is 12.4. The number of hydrogen-bond acceptors (Lipinski definition) is 15. The zero-order valence-electron chi connectivity index (χ0n) is 43.1. The predicted octanol–water partition coefficient (Wildman–Crippen LogP) is 6.00. The lowest BCUT2D eigenvalue weighted by atomic mass is 9.91. The molecule has 75 heavy (non-hydrogen) atoms. The fourth-order valence-electron chi connectivity index (χ4n) is 9.38. The van der Waals surface area contributed by atoms with E-state index in [0.717, 1.165) is 9.80 Å². The molecule has 4 aliphatic heterocycles. The first-order chi connectivity index (χ1) is 36.0. The Balaban J connectivity index is 0.937. The molecule has 4 heterocycles. The summed E-state index contributed by atoms with van der Waals surface area (Å²) in [6.45, 7) is 15.2. The van der Waals surface area contributed by atoms with Crippen molar-refractivity contribution in [2.45, 2.75) is 110 Å². The van der Waals surface area contributed by atoms with Gasteiger partial charge in [0.2, 0.25) is 5.91 Å². The lowest BCUT2D eigenvalue weighted by Gasteiger charge is -2.43. The molecule has 3 N–H and O–H groups in total. The Morgan fingerprint density at radius 3 is 1.80 bits per heavy atom. The van der Waals surface area contributed by atoms with Crippen LogP contribution in [0, 0.1) is 18.8 Å². The Hall–Kier alpha value is -7.45. The number of carbonyl (C=O) groups is 7. The molecule has 3 aromatic rings. The fourth-order valence-corrected chi connectivity index (χ4v) is 9.38. The third-order valence-electron chi connectivity index (χ3n) is 13.9. The van der Waals surface area contributed by atoms with E-state index in [2.05, 4.69) is 18.5 Å². The predicted molar refractivity (Wildman–Crippen MR) is 273 cm³/mol. The molecule has 0 aliphatic carbocycles. The minimum Gasteiger partial charge on any atom is -0.493 e. The van der Waals surface area contributed by atoms with Gasteiger partial charge >= 0.3 is 18.2 Å². The van der Waals surface area contributed by atoms with E-state index >= 15 is 0 Å². The van der Waals surface area contributed by atoms with Crippen molar-refractivity contribution in [3.05, 3.63) is 102 Å². The van der Waals surface area contributed by atoms with Gasteiger partial charge in [-0.2, -0.15) is 0 Å². The molecule has 0 bridgehead atoms. The Morgan fingerprint density at radius 2 is 1.25 bits per heavy atom. The number of methoxy groups -OCH3 is 1. The maximum Gasteiger partial charge on any atom is 0.416 e. The lowest BCUT2D eigenvalue weighted by Crippen LogP contribution is -2.60. The Bertz CT molecular complexity index is 2660. The highest BCUT2D eigenvalue weighted by Crippen LogP contribution is 2.43. The number of anilines is 2. The van der Waals surface area contributed by atoms with E-state index in [1.54, 1.807) is 50.2 Å². The van der Waals surface area contributed by atoms with Gasteiger partial charge in [0.15, 0.2) is 29.7 Å². The monoisotopic (exact) mass is 1040 g/mol. The zero-order chi connectivity index (χ0) is 54.1. The normalized spacial score (nSPS) is 19.3. The number of ether oxygens (including phenoxy) is 6. The van der Waals surface area contributed by atoms with Gasteiger partial charge in [0, 0.05) is 31.6 Å². The number of nitrogens with zero attached hydrogens (tertiary/aromatic N) is 4. The van der Waals surface area contributed by atoms with Crippen molar-refractivity contribution in [1.82, 2.24) is 15.1 Å². The Morgan fingerprint density at radius 1 is 0.720 bits per heavy atom. The first-order valence-electron chi connectivity index (χ1n) is 25.3. The second kappa shape index (κ2) is 24.7. The third-order valence-corrected chi connectivity index (χ3v) is 13.9. The molecule has 1 unspecified atom stereocenters. The minimum atomic E-state index is -1.41. The number of benzene rings is 3. The maximum atomic E-state index is 14.0. The van der Waals surface area contributed by atoms with E-state index in [1.165, 1.54) is 41.2 Å². The molecule has 2 fully saturated rings. The second-order valence-corrected chi connectivity index (χ2v) is 19.3. The lowest BCUT2D eigenvalue weighted by molar-refractivity contribution is -0.146. The van der Waals surface area contributed by atoms with E-state index in [4.69, 9.17) is 28.4 Å². The van der Waals surface area contributed by atoms with Crippen molar-refractivity contribution in [3.8, 4) is 17.2 Å². The van der Waals surface area contributed by atoms with Gasteiger partial charge < -0.3 is 53.8 Å². The molecule has 0 spiro atoms. The van der Waals surface area contributed by atoms with Gasteiger partial charge in [0.05, 0.1) is 73.3 Å². The number of hydrogen-bond donors (Lipinski definition) is 3. The largest absolute Gasteiger partial charge is 0.493 e. The number of unbranched alkanes of at least 4 members (excludes halogenated alkanes) is 2. The average molecular weight is 1040 g/mol. The number of esters is 1. The van der Waals surface area contributed by atoms with Gasteiger partial charge in [0.25, 0.3) is 11.8 Å². The van der Waals surface area contributed by atoms with Crippen LogP contribution in [0.1, 0.15) is 96.7 Å². The molecule has 20 nitrogen and oxygen atoms in total. The number of nitrogens with one attached hydrogen (secondary N) is 1. The first-order valence-corrected chi connectivity index (χ1v) is 25.3. The van der Waals surface area contributed by atoms with Crippen LogP contribution in [0.25, 0.3) is 0 Å². The van der Waals surface area contributed by atoms with E-state index in [0.29, 0.717) is 67.6 Å². The van der Waals surface area contributed by atoms with Crippen LogP contribution in [0.4, 0.5) is 21.0 Å². The standard InChI is InChI=1S/C55H67N5O15/c1-8-21-73-48(62)28-37(32(3)4)49(63)56-34(6)44(61)26-35-13-15-36(16-14-35)31-75-55(69)60-42-29-45(33(5)25-38(42)50(64)57-19-17-41(57)53(60)67)71-23-11-10-12-24-72-47-30-43-39(27-46(47)70-7)51(65)58-20-18-40(58)52(66)59(43)54(68)74-22-9-2/h8-9,13-16,25,27,29-30,32,34,37,40-41,52-53,66-67H,1-2,10-12,17-24,26,28,31H2,3-7H3,(H,56,63)/t34-,37-,40-,41-,52?,53-/m0/s1. The van der Waals surface area contributed by atoms with E-state index in [-0.39, 0.29) is 103 Å². The molecule has 5 amide bonds. The minimum absolute atomic E-state index is 0.0107. The molecular formula is C55H67N5O15. The number of Topliss-reactive ketones (excluding diaryl/α,β-unsaturated/α-hetero) is 1. The van der Waals surface area contributed by atoms with E-state index in [1.807, 2.05) is 13.8 Å². The molecular weight excluding hydrogens is 971 g/mol. The highest BCUT2D eigenvalue weighted by atomic mass is 16.6. The number of amides is 5. The first kappa shape index (κ1) is 55.3. The van der Waals surface area contributed by atoms with Crippen molar-refractivity contribution >= 4 is 53.0 Å². The van der Waals surface area contributed by atoms with Crippen LogP contribution >= 0.6 is 0 Å². The van der Waals surface area contributed by atoms with Crippen LogP contribution in [-0.2, 0) is 41.6 Å². The summed E-state index contributed by atoms with van der Waals surface area (Å²) in [4.78, 5) is 98.1. The molecule has 3 aromatic carbocycles. The highest BCUT2D eigenvalue weighted by Gasteiger charge is 2.49. The SMILES string of the molecule is C=CCOC(=O)C[C@H](C(=O)N[C@@H](C)C(=O)Cc1ccc(COC(=O)N2c3cc(OCCCCCOc4cc5c(cc4OC)C(=O)N4CC[C@H]4C(O)N5C(=O)OCC=C)c(C)cc3C(=O)N3CC[C@H]3[C@@H]2O)cc1)C(C)C. The highest BCUT2D eigenvalue weighted by molar-refractivity contribution is 6.07. The summed E-state index contributed by atoms with van der Waals surface area (Å²) < 4.78 is 34.0. The number of aliphatic hydroxyl groups is 2. The second-order valence-electron chi connectivity index (χ2n) is 19.3. The van der Waals surface area contributed by atoms with Crippen LogP contribution in [-0.4, -0.2) is 139 Å². The molecule has 0 saturated carbocycles. The van der Waals surface area contributed by atoms with Crippen LogP contribution in [0.15, 0.2) is 73.8 Å². The van der Waals surface area contributed by atoms with E-state index < -0.39 is 60.6 Å². The van der Waals surface area contributed by atoms with Crippen LogP contribution < -0.4 is 29.3 Å². The van der Waals surface area contributed by atoms with Crippen LogP contribution in [0.2, 0.25) is 0 Å². The number of ketones is 1. The summed E-state index contributed by atoms with van der Waals surface area (Å²) >= 11 is 0. The number of rotatable bonds is 23. The number of aliphatic hydroxyl groups excluding tert-OH is 2. The van der Waals surface area contributed by atoms with Crippen molar-refractivity contribution in [1.29, 1.82) is 0 Å². The molecule has 4 aliphatic rings. The maximum absolute atomic E-state index is 14.0. The van der Waals surface area contributed by atoms with Crippen molar-refractivity contribution in [2.75, 3.05) is 56.4 Å². The summed E-state index contributed by atoms with van der Waals surface area (Å²) in [7, 11) is 1.44. The fraction of sp³-hybridized carbons (Fsp3) is 0.473. The molecule has 6 atom stereocenters. The number of fused-ring (bicyclic) bond motifs is 4. The Kier molecular flexibility index (Phi) is 18.2. The number of carbonyl (C=O) groups excluding carboxylic acids is 7. The van der Waals surface area contributed by atoms with Gasteiger partial charge in [-0.15, -0.1) is 0 Å². The van der Waals surface area contributed by atoms with Crippen LogP contribution in [0.3, 0.4) is 0 Å². The molecule has 0 aromatic heterocycles. The Labute approximate surface area is 436 Å². The molecule has 7 rings (SSSR count). The quantitative estimate of drug-likeness (QED) is 0.0427.